The molecule has 0 radical (unpaired) electrons. The highest BCUT2D eigenvalue weighted by molar-refractivity contribution is 5.99. The van der Waals surface area contributed by atoms with Gasteiger partial charge in [0.05, 0.1) is 32.3 Å². The number of aromatic hydroxyl groups is 1. The van der Waals surface area contributed by atoms with Crippen molar-refractivity contribution >= 4 is 11.8 Å². The van der Waals surface area contributed by atoms with Gasteiger partial charge in [0.2, 0.25) is 0 Å². The molecule has 1 fully saturated rings. The fourth-order valence-electron chi connectivity index (χ4n) is 4.46. The van der Waals surface area contributed by atoms with E-state index in [-0.39, 0.29) is 42.2 Å². The van der Waals surface area contributed by atoms with Crippen molar-refractivity contribution in [1.29, 1.82) is 0 Å². The molecule has 8 nitrogen and oxygen atoms in total. The van der Waals surface area contributed by atoms with Gasteiger partial charge in [0.1, 0.15) is 6.10 Å². The molecule has 2 aromatic rings. The normalized spacial score (nSPS) is 22.7. The number of carbonyl (C=O) groups excluding carboxylic acids is 2. The summed E-state index contributed by atoms with van der Waals surface area (Å²) in [6, 6.07) is 11.5. The van der Waals surface area contributed by atoms with E-state index in [1.54, 1.807) is 0 Å². The molecule has 1 saturated heterocycles. The summed E-state index contributed by atoms with van der Waals surface area (Å²) in [5.74, 6) is -2.09. The van der Waals surface area contributed by atoms with E-state index in [0.717, 1.165) is 24.8 Å². The SMILES string of the molecule is CCCCCO[C@@H]1[C@@H](Cc2ccccc2)COC[C@H](CC(=O)c2nccc(OC)c2O)C(=O)O[C@H]1C. The number of nitrogens with zero attached hydrogens (tertiary/aromatic N) is 1. The van der Waals surface area contributed by atoms with Crippen LogP contribution >= 0.6 is 0 Å². The number of pyridine rings is 1. The molecular formula is C28H37NO7. The molecule has 1 aromatic carbocycles. The molecular weight excluding hydrogens is 462 g/mol. The molecule has 4 atom stereocenters. The van der Waals surface area contributed by atoms with E-state index in [2.05, 4.69) is 24.0 Å². The number of methoxy groups -OCH3 is 1. The minimum absolute atomic E-state index is 0.0237. The summed E-state index contributed by atoms with van der Waals surface area (Å²) in [6.07, 6.45) is 4.11. The Balaban J connectivity index is 1.75. The largest absolute Gasteiger partial charge is 0.503 e. The number of cyclic esters (lactones) is 1. The first-order chi connectivity index (χ1) is 17.4. The number of Topliss-reactive ketones (excluding diaryl/α,β-unsaturated/α-hetero) is 1. The lowest BCUT2D eigenvalue weighted by molar-refractivity contribution is -0.162. The first-order valence-corrected chi connectivity index (χ1v) is 12.6. The van der Waals surface area contributed by atoms with Crippen LogP contribution in [0, 0.1) is 11.8 Å². The second-order valence-corrected chi connectivity index (χ2v) is 9.21. The Kier molecular flexibility index (Phi) is 10.7. The minimum atomic E-state index is -0.830. The van der Waals surface area contributed by atoms with Gasteiger partial charge < -0.3 is 24.1 Å². The summed E-state index contributed by atoms with van der Waals surface area (Å²) < 4.78 is 23.2. The number of benzene rings is 1. The van der Waals surface area contributed by atoms with Gasteiger partial charge in [0, 0.05) is 31.2 Å². The van der Waals surface area contributed by atoms with Crippen LogP contribution in [0.5, 0.6) is 11.5 Å². The van der Waals surface area contributed by atoms with Crippen molar-refractivity contribution in [3.05, 3.63) is 53.9 Å². The average Bonchev–Trinajstić information content (AvgIpc) is 2.92. The van der Waals surface area contributed by atoms with Crippen molar-refractivity contribution in [2.24, 2.45) is 11.8 Å². The molecule has 196 valence electrons. The number of aromatic nitrogens is 1. The number of esters is 1. The summed E-state index contributed by atoms with van der Waals surface area (Å²) in [5.41, 5.74) is 1.01. The molecule has 1 aliphatic heterocycles. The van der Waals surface area contributed by atoms with E-state index in [1.165, 1.54) is 19.4 Å². The van der Waals surface area contributed by atoms with Crippen LogP contribution in [0.1, 0.15) is 55.6 Å². The number of hydrogen-bond acceptors (Lipinski definition) is 8. The minimum Gasteiger partial charge on any atom is -0.503 e. The third-order valence-electron chi connectivity index (χ3n) is 6.42. The monoisotopic (exact) mass is 499 g/mol. The molecule has 0 aliphatic carbocycles. The zero-order valence-corrected chi connectivity index (χ0v) is 21.4. The van der Waals surface area contributed by atoms with E-state index in [9.17, 15) is 14.7 Å². The average molecular weight is 500 g/mol. The van der Waals surface area contributed by atoms with E-state index < -0.39 is 23.8 Å². The summed E-state index contributed by atoms with van der Waals surface area (Å²) in [4.78, 5) is 30.0. The van der Waals surface area contributed by atoms with E-state index in [4.69, 9.17) is 18.9 Å². The van der Waals surface area contributed by atoms with Gasteiger partial charge >= 0.3 is 5.97 Å². The van der Waals surface area contributed by atoms with Gasteiger partial charge in [0.25, 0.3) is 0 Å². The lowest BCUT2D eigenvalue weighted by Gasteiger charge is -2.31. The molecule has 1 N–H and O–H groups in total. The van der Waals surface area contributed by atoms with Crippen LogP contribution < -0.4 is 4.74 Å². The number of hydrogen-bond donors (Lipinski definition) is 1. The van der Waals surface area contributed by atoms with Crippen LogP contribution in [0.3, 0.4) is 0 Å². The Bertz CT molecular complexity index is 981. The van der Waals surface area contributed by atoms with Crippen molar-refractivity contribution in [3.8, 4) is 11.5 Å². The molecule has 8 heteroatoms. The van der Waals surface area contributed by atoms with Crippen molar-refractivity contribution < 1.29 is 33.6 Å². The molecule has 0 bridgehead atoms. The number of ether oxygens (including phenoxy) is 4. The predicted octanol–water partition coefficient (Wildman–Crippen LogP) is 4.38. The number of rotatable bonds is 11. The highest BCUT2D eigenvalue weighted by atomic mass is 16.6. The number of unbranched alkanes of at least 4 members (excludes halogenated alkanes) is 2. The maximum Gasteiger partial charge on any atom is 0.312 e. The maximum absolute atomic E-state index is 13.1. The van der Waals surface area contributed by atoms with Gasteiger partial charge in [-0.15, -0.1) is 0 Å². The predicted molar refractivity (Wildman–Crippen MR) is 134 cm³/mol. The van der Waals surface area contributed by atoms with Gasteiger partial charge in [-0.2, -0.15) is 0 Å². The molecule has 0 amide bonds. The van der Waals surface area contributed by atoms with Gasteiger partial charge in [-0.1, -0.05) is 50.1 Å². The van der Waals surface area contributed by atoms with Crippen LogP contribution in [0.25, 0.3) is 0 Å². The zero-order chi connectivity index (χ0) is 25.9. The highest BCUT2D eigenvalue weighted by Gasteiger charge is 2.36. The molecule has 2 heterocycles. The van der Waals surface area contributed by atoms with Crippen LogP contribution in [0.4, 0.5) is 0 Å². The van der Waals surface area contributed by atoms with Crippen LogP contribution in [0.2, 0.25) is 0 Å². The standard InChI is InChI=1S/C28H37NO7/c1-4-5-9-14-35-27-19(2)36-28(32)22(16-23(30)25-26(31)24(33-3)12-13-29-25)18-34-17-21(27)15-20-10-7-6-8-11-20/h6-8,10-13,19,21-22,27,31H,4-5,9,14-18H2,1-3H3/t19-,21-,22-,27-/m0/s1. The molecule has 1 aromatic heterocycles. The highest BCUT2D eigenvalue weighted by Crippen LogP contribution is 2.30. The molecule has 0 saturated carbocycles. The van der Waals surface area contributed by atoms with E-state index >= 15 is 0 Å². The third-order valence-corrected chi connectivity index (χ3v) is 6.42. The molecule has 1 aliphatic rings. The van der Waals surface area contributed by atoms with Gasteiger partial charge in [-0.05, 0) is 25.3 Å². The van der Waals surface area contributed by atoms with Gasteiger partial charge in [-0.3, -0.25) is 9.59 Å². The van der Waals surface area contributed by atoms with Crippen LogP contribution in [0.15, 0.2) is 42.6 Å². The Labute approximate surface area is 212 Å². The van der Waals surface area contributed by atoms with E-state index in [0.29, 0.717) is 19.6 Å². The van der Waals surface area contributed by atoms with Crippen molar-refractivity contribution in [2.75, 3.05) is 26.9 Å². The lowest BCUT2D eigenvalue weighted by atomic mass is 9.91. The molecule has 36 heavy (non-hydrogen) atoms. The molecule has 3 rings (SSSR count). The third kappa shape index (κ3) is 7.51. The summed E-state index contributed by atoms with van der Waals surface area (Å²) in [7, 11) is 1.39. The Morgan fingerprint density at radius 1 is 1.17 bits per heavy atom. The smallest absolute Gasteiger partial charge is 0.312 e. The molecule has 0 unspecified atom stereocenters. The second kappa shape index (κ2) is 13.9. The van der Waals surface area contributed by atoms with Crippen LogP contribution in [-0.4, -0.2) is 61.0 Å². The van der Waals surface area contributed by atoms with E-state index in [1.807, 2.05) is 25.1 Å². The maximum atomic E-state index is 13.1. The van der Waals surface area contributed by atoms with Gasteiger partial charge in [0.15, 0.2) is 23.0 Å². The first kappa shape index (κ1) is 27.6. The summed E-state index contributed by atoms with van der Waals surface area (Å²) >= 11 is 0. The quantitative estimate of drug-likeness (QED) is 0.276. The van der Waals surface area contributed by atoms with Crippen molar-refractivity contribution in [2.45, 2.75) is 58.2 Å². The van der Waals surface area contributed by atoms with Crippen molar-refractivity contribution in [1.82, 2.24) is 4.98 Å². The van der Waals surface area contributed by atoms with Gasteiger partial charge in [-0.25, -0.2) is 4.98 Å². The number of ketones is 1. The van der Waals surface area contributed by atoms with Crippen molar-refractivity contribution in [3.63, 3.8) is 0 Å². The first-order valence-electron chi connectivity index (χ1n) is 12.6. The second-order valence-electron chi connectivity index (χ2n) is 9.21. The fourth-order valence-corrected chi connectivity index (χ4v) is 4.46. The Morgan fingerprint density at radius 3 is 2.67 bits per heavy atom. The lowest BCUT2D eigenvalue weighted by Crippen LogP contribution is -2.40. The summed E-state index contributed by atoms with van der Waals surface area (Å²) in [6.45, 7) is 4.94. The fraction of sp³-hybridized carbons (Fsp3) is 0.536. The number of carbonyl (C=O) groups is 2. The zero-order valence-electron chi connectivity index (χ0n) is 21.4. The molecule has 0 spiro atoms. The Morgan fingerprint density at radius 2 is 1.94 bits per heavy atom. The van der Waals surface area contributed by atoms with Crippen LogP contribution in [-0.2, 0) is 25.4 Å². The summed E-state index contributed by atoms with van der Waals surface area (Å²) in [5, 5.41) is 10.3. The Hall–Kier alpha value is -2.97. The topological polar surface area (TPSA) is 104 Å².